The molecule has 0 saturated heterocycles. The fourth-order valence-electron chi connectivity index (χ4n) is 1.62. The standard InChI is InChI=1S/C13H12ClN3O2/c1-19-9-5-2-4-8(15)12(9)13(18)17-11-7-3-6-10(14)16-11/h2-7H,15H2,1H3,(H,16,17,18). The van der Waals surface area contributed by atoms with E-state index < -0.39 is 5.91 Å². The zero-order valence-electron chi connectivity index (χ0n) is 10.2. The van der Waals surface area contributed by atoms with Crippen LogP contribution in [-0.2, 0) is 0 Å². The Morgan fingerprint density at radius 2 is 2.05 bits per heavy atom. The fraction of sp³-hybridized carbons (Fsp3) is 0.0769. The minimum atomic E-state index is -0.398. The van der Waals surface area contributed by atoms with Crippen molar-refractivity contribution in [3.05, 3.63) is 47.1 Å². The maximum Gasteiger partial charge on any atom is 0.262 e. The summed E-state index contributed by atoms with van der Waals surface area (Å²) in [6.07, 6.45) is 0. The molecule has 1 aromatic carbocycles. The van der Waals surface area contributed by atoms with Crippen LogP contribution in [0.5, 0.6) is 5.75 Å². The lowest BCUT2D eigenvalue weighted by Gasteiger charge is -2.11. The summed E-state index contributed by atoms with van der Waals surface area (Å²) < 4.78 is 5.12. The van der Waals surface area contributed by atoms with Gasteiger partial charge < -0.3 is 15.8 Å². The molecule has 0 atom stereocenters. The maximum atomic E-state index is 12.2. The largest absolute Gasteiger partial charge is 0.496 e. The number of nitrogens with zero attached hydrogens (tertiary/aromatic N) is 1. The second-order valence-corrected chi connectivity index (χ2v) is 4.11. The summed E-state index contributed by atoms with van der Waals surface area (Å²) in [5.74, 6) is 0.354. The minimum Gasteiger partial charge on any atom is -0.496 e. The number of methoxy groups -OCH3 is 1. The molecule has 1 aromatic heterocycles. The number of nitrogen functional groups attached to an aromatic ring is 1. The number of hydrogen-bond acceptors (Lipinski definition) is 4. The highest BCUT2D eigenvalue weighted by Crippen LogP contribution is 2.25. The number of carbonyl (C=O) groups excluding carboxylic acids is 1. The average Bonchev–Trinajstić information content (AvgIpc) is 2.38. The number of benzene rings is 1. The maximum absolute atomic E-state index is 12.2. The smallest absolute Gasteiger partial charge is 0.262 e. The third kappa shape index (κ3) is 2.95. The highest BCUT2D eigenvalue weighted by molar-refractivity contribution is 6.29. The Balaban J connectivity index is 2.30. The molecule has 0 saturated carbocycles. The van der Waals surface area contributed by atoms with Gasteiger partial charge in [0.2, 0.25) is 0 Å². The normalized spacial score (nSPS) is 10.0. The van der Waals surface area contributed by atoms with Gasteiger partial charge in [-0.25, -0.2) is 4.98 Å². The van der Waals surface area contributed by atoms with Gasteiger partial charge in [-0.05, 0) is 24.3 Å². The van der Waals surface area contributed by atoms with Crippen LogP contribution in [-0.4, -0.2) is 18.0 Å². The number of rotatable bonds is 3. The molecule has 0 aliphatic rings. The van der Waals surface area contributed by atoms with E-state index in [0.29, 0.717) is 22.4 Å². The van der Waals surface area contributed by atoms with Crippen molar-refractivity contribution in [2.75, 3.05) is 18.2 Å². The molecule has 0 bridgehead atoms. The van der Waals surface area contributed by atoms with Gasteiger partial charge in [-0.3, -0.25) is 4.79 Å². The summed E-state index contributed by atoms with van der Waals surface area (Å²) in [5.41, 5.74) is 6.40. The van der Waals surface area contributed by atoms with Crippen molar-refractivity contribution in [2.45, 2.75) is 0 Å². The van der Waals surface area contributed by atoms with Crippen LogP contribution >= 0.6 is 11.6 Å². The van der Waals surface area contributed by atoms with Crippen LogP contribution in [0, 0.1) is 0 Å². The third-order valence-corrected chi connectivity index (χ3v) is 2.67. The lowest BCUT2D eigenvalue weighted by molar-refractivity contribution is 0.102. The lowest BCUT2D eigenvalue weighted by Crippen LogP contribution is -2.16. The molecule has 0 aliphatic heterocycles. The number of hydrogen-bond donors (Lipinski definition) is 2. The van der Waals surface area contributed by atoms with Gasteiger partial charge in [-0.2, -0.15) is 0 Å². The highest BCUT2D eigenvalue weighted by atomic mass is 35.5. The van der Waals surface area contributed by atoms with Crippen molar-refractivity contribution in [1.82, 2.24) is 4.98 Å². The van der Waals surface area contributed by atoms with Crippen LogP contribution in [0.15, 0.2) is 36.4 Å². The Kier molecular flexibility index (Phi) is 3.87. The van der Waals surface area contributed by atoms with Crippen LogP contribution in [0.4, 0.5) is 11.5 Å². The first-order chi connectivity index (χ1) is 9.11. The van der Waals surface area contributed by atoms with Gasteiger partial charge in [0.15, 0.2) is 0 Å². The van der Waals surface area contributed by atoms with Crippen LogP contribution in [0.1, 0.15) is 10.4 Å². The van der Waals surface area contributed by atoms with E-state index in [0.717, 1.165) is 0 Å². The number of aromatic nitrogens is 1. The van der Waals surface area contributed by atoms with E-state index in [-0.39, 0.29) is 5.56 Å². The van der Waals surface area contributed by atoms with Crippen LogP contribution < -0.4 is 15.8 Å². The molecule has 3 N–H and O–H groups in total. The minimum absolute atomic E-state index is 0.270. The average molecular weight is 278 g/mol. The summed E-state index contributed by atoms with van der Waals surface area (Å²) in [6.45, 7) is 0. The van der Waals surface area contributed by atoms with Gasteiger partial charge in [0.25, 0.3) is 5.91 Å². The van der Waals surface area contributed by atoms with Gasteiger partial charge in [0.1, 0.15) is 22.3 Å². The monoisotopic (exact) mass is 277 g/mol. The summed E-state index contributed by atoms with van der Waals surface area (Å²) >= 11 is 5.75. The number of carbonyl (C=O) groups is 1. The summed E-state index contributed by atoms with van der Waals surface area (Å²) in [4.78, 5) is 16.1. The molecule has 0 spiro atoms. The topological polar surface area (TPSA) is 77.2 Å². The van der Waals surface area contributed by atoms with E-state index in [9.17, 15) is 4.79 Å². The SMILES string of the molecule is COc1cccc(N)c1C(=O)Nc1cccc(Cl)n1. The summed E-state index contributed by atoms with van der Waals surface area (Å²) in [6, 6.07) is 9.95. The number of halogens is 1. The number of nitrogens with two attached hydrogens (primary N) is 1. The van der Waals surface area contributed by atoms with E-state index in [2.05, 4.69) is 10.3 Å². The quantitative estimate of drug-likeness (QED) is 0.668. The highest BCUT2D eigenvalue weighted by Gasteiger charge is 2.16. The zero-order chi connectivity index (χ0) is 13.8. The predicted molar refractivity (Wildman–Crippen MR) is 74.6 cm³/mol. The van der Waals surface area contributed by atoms with Crippen molar-refractivity contribution in [3.8, 4) is 5.75 Å². The van der Waals surface area contributed by atoms with Gasteiger partial charge in [-0.1, -0.05) is 23.7 Å². The molecule has 0 unspecified atom stereocenters. The molecule has 19 heavy (non-hydrogen) atoms. The third-order valence-electron chi connectivity index (χ3n) is 2.46. The van der Waals surface area contributed by atoms with Crippen LogP contribution in [0.3, 0.4) is 0 Å². The number of amides is 1. The Bertz CT molecular complexity index is 617. The number of ether oxygens (including phenoxy) is 1. The van der Waals surface area contributed by atoms with E-state index >= 15 is 0 Å². The van der Waals surface area contributed by atoms with Gasteiger partial charge in [0, 0.05) is 5.69 Å². The van der Waals surface area contributed by atoms with Crippen molar-refractivity contribution in [1.29, 1.82) is 0 Å². The van der Waals surface area contributed by atoms with Crippen molar-refractivity contribution < 1.29 is 9.53 Å². The molecule has 5 nitrogen and oxygen atoms in total. The van der Waals surface area contributed by atoms with Gasteiger partial charge in [0.05, 0.1) is 7.11 Å². The molecular weight excluding hydrogens is 266 g/mol. The fourth-order valence-corrected chi connectivity index (χ4v) is 1.78. The number of anilines is 2. The van der Waals surface area contributed by atoms with Crippen molar-refractivity contribution in [2.24, 2.45) is 0 Å². The van der Waals surface area contributed by atoms with Gasteiger partial charge >= 0.3 is 0 Å². The first kappa shape index (κ1) is 13.2. The first-order valence-corrected chi connectivity index (χ1v) is 5.86. The van der Waals surface area contributed by atoms with E-state index in [1.165, 1.54) is 7.11 Å². The van der Waals surface area contributed by atoms with Crippen molar-refractivity contribution >= 4 is 29.0 Å². The second kappa shape index (κ2) is 5.58. The number of pyridine rings is 1. The Morgan fingerprint density at radius 1 is 1.32 bits per heavy atom. The molecule has 2 aromatic rings. The van der Waals surface area contributed by atoms with Gasteiger partial charge in [-0.15, -0.1) is 0 Å². The molecule has 6 heteroatoms. The van der Waals surface area contributed by atoms with Crippen LogP contribution in [0.2, 0.25) is 5.15 Å². The molecule has 1 amide bonds. The zero-order valence-corrected chi connectivity index (χ0v) is 10.9. The summed E-state index contributed by atoms with van der Waals surface area (Å²) in [7, 11) is 1.48. The molecule has 2 rings (SSSR count). The molecule has 0 aliphatic carbocycles. The second-order valence-electron chi connectivity index (χ2n) is 3.72. The first-order valence-electron chi connectivity index (χ1n) is 5.48. The Hall–Kier alpha value is -2.27. The number of nitrogens with one attached hydrogen (secondary N) is 1. The lowest BCUT2D eigenvalue weighted by atomic mass is 10.1. The van der Waals surface area contributed by atoms with Crippen LogP contribution in [0.25, 0.3) is 0 Å². The van der Waals surface area contributed by atoms with E-state index in [1.54, 1.807) is 36.4 Å². The Labute approximate surface area is 115 Å². The Morgan fingerprint density at radius 3 is 2.74 bits per heavy atom. The van der Waals surface area contributed by atoms with E-state index in [1.807, 2.05) is 0 Å². The molecular formula is C13H12ClN3O2. The van der Waals surface area contributed by atoms with Crippen molar-refractivity contribution in [3.63, 3.8) is 0 Å². The predicted octanol–water partition coefficient (Wildman–Crippen LogP) is 2.58. The summed E-state index contributed by atoms with van der Waals surface area (Å²) in [5, 5.41) is 2.92. The molecule has 1 heterocycles. The van der Waals surface area contributed by atoms with E-state index in [4.69, 9.17) is 22.1 Å². The molecule has 98 valence electrons. The molecule has 0 radical (unpaired) electrons. The molecule has 0 fully saturated rings.